The smallest absolute Gasteiger partial charge is 0.338 e. The number of hydrogen-bond donors (Lipinski definition) is 1. The Morgan fingerprint density at radius 3 is 2.14 bits per heavy atom. The number of aryl methyl sites for hydroxylation is 1. The molecule has 2 N–H and O–H groups in total. The Labute approximate surface area is 130 Å². The van der Waals surface area contributed by atoms with Gasteiger partial charge in [0.25, 0.3) is 0 Å². The van der Waals surface area contributed by atoms with Crippen LogP contribution in [-0.2, 0) is 4.74 Å². The molecule has 2 aromatic rings. The van der Waals surface area contributed by atoms with E-state index in [0.29, 0.717) is 17.1 Å². The molecule has 0 aromatic heterocycles. The Hall–Kier alpha value is -2.49. The van der Waals surface area contributed by atoms with Gasteiger partial charge in [-0.25, -0.2) is 4.79 Å². The lowest BCUT2D eigenvalue weighted by Gasteiger charge is -2.19. The van der Waals surface area contributed by atoms with Crippen molar-refractivity contribution in [3.8, 4) is 11.5 Å². The van der Waals surface area contributed by atoms with Crippen LogP contribution in [0.15, 0.2) is 42.5 Å². The molecule has 4 nitrogen and oxygen atoms in total. The molecule has 0 fully saturated rings. The van der Waals surface area contributed by atoms with Crippen molar-refractivity contribution in [2.24, 2.45) is 0 Å². The first-order valence-electron chi connectivity index (χ1n) is 7.12. The molecule has 0 saturated carbocycles. The SMILES string of the molecule is Cc1cc(Oc2ccc(C(=O)OC(C)(C)C)cc2)ccc1N. The zero-order valence-electron chi connectivity index (χ0n) is 13.3. The monoisotopic (exact) mass is 299 g/mol. The van der Waals surface area contributed by atoms with E-state index in [9.17, 15) is 4.79 Å². The van der Waals surface area contributed by atoms with E-state index in [2.05, 4.69) is 0 Å². The second-order valence-corrected chi connectivity index (χ2v) is 6.15. The second kappa shape index (κ2) is 6.10. The van der Waals surface area contributed by atoms with E-state index >= 15 is 0 Å². The van der Waals surface area contributed by atoms with Crippen LogP contribution in [0.4, 0.5) is 5.69 Å². The summed E-state index contributed by atoms with van der Waals surface area (Å²) >= 11 is 0. The first-order valence-corrected chi connectivity index (χ1v) is 7.12. The van der Waals surface area contributed by atoms with Gasteiger partial charge in [0.05, 0.1) is 5.56 Å². The molecular weight excluding hydrogens is 278 g/mol. The third kappa shape index (κ3) is 4.25. The van der Waals surface area contributed by atoms with Gasteiger partial charge in [0.2, 0.25) is 0 Å². The molecule has 2 rings (SSSR count). The van der Waals surface area contributed by atoms with Crippen molar-refractivity contribution in [2.45, 2.75) is 33.3 Å². The van der Waals surface area contributed by atoms with Crippen molar-refractivity contribution >= 4 is 11.7 Å². The molecule has 0 atom stereocenters. The van der Waals surface area contributed by atoms with Crippen LogP contribution in [0.3, 0.4) is 0 Å². The van der Waals surface area contributed by atoms with Gasteiger partial charge in [-0.3, -0.25) is 0 Å². The molecule has 0 amide bonds. The summed E-state index contributed by atoms with van der Waals surface area (Å²) in [5.74, 6) is 1.01. The van der Waals surface area contributed by atoms with E-state index in [1.165, 1.54) is 0 Å². The molecule has 0 bridgehead atoms. The maximum atomic E-state index is 11.9. The summed E-state index contributed by atoms with van der Waals surface area (Å²) in [5.41, 5.74) is 7.46. The van der Waals surface area contributed by atoms with Gasteiger partial charge >= 0.3 is 5.97 Å². The van der Waals surface area contributed by atoms with E-state index in [-0.39, 0.29) is 5.97 Å². The number of nitrogen functional groups attached to an aromatic ring is 1. The van der Waals surface area contributed by atoms with Crippen LogP contribution in [-0.4, -0.2) is 11.6 Å². The molecule has 0 heterocycles. The van der Waals surface area contributed by atoms with Gasteiger partial charge in [0.15, 0.2) is 0 Å². The first-order chi connectivity index (χ1) is 10.2. The second-order valence-electron chi connectivity index (χ2n) is 6.15. The number of nitrogens with two attached hydrogens (primary N) is 1. The Morgan fingerprint density at radius 2 is 1.59 bits per heavy atom. The summed E-state index contributed by atoms with van der Waals surface area (Å²) in [6.45, 7) is 7.44. The maximum Gasteiger partial charge on any atom is 0.338 e. The van der Waals surface area contributed by atoms with Crippen molar-refractivity contribution in [1.82, 2.24) is 0 Å². The van der Waals surface area contributed by atoms with Gasteiger partial charge in [-0.2, -0.15) is 0 Å². The minimum atomic E-state index is -0.506. The Bertz CT molecular complexity index is 670. The van der Waals surface area contributed by atoms with Crippen LogP contribution in [0.2, 0.25) is 0 Å². The van der Waals surface area contributed by atoms with Crippen LogP contribution in [0, 0.1) is 6.92 Å². The molecule has 0 aliphatic rings. The molecule has 0 spiro atoms. The lowest BCUT2D eigenvalue weighted by atomic mass is 10.1. The van der Waals surface area contributed by atoms with Gasteiger partial charge in [0.1, 0.15) is 17.1 Å². The number of anilines is 1. The van der Waals surface area contributed by atoms with Crippen molar-refractivity contribution in [1.29, 1.82) is 0 Å². The van der Waals surface area contributed by atoms with Crippen LogP contribution < -0.4 is 10.5 Å². The van der Waals surface area contributed by atoms with Gasteiger partial charge in [0, 0.05) is 5.69 Å². The standard InChI is InChI=1S/C18H21NO3/c1-12-11-15(9-10-16(12)19)21-14-7-5-13(6-8-14)17(20)22-18(2,3)4/h5-11H,19H2,1-4H3. The summed E-state index contributed by atoms with van der Waals surface area (Å²) in [6.07, 6.45) is 0. The minimum absolute atomic E-state index is 0.345. The highest BCUT2D eigenvalue weighted by molar-refractivity contribution is 5.89. The van der Waals surface area contributed by atoms with Crippen molar-refractivity contribution in [3.63, 3.8) is 0 Å². The van der Waals surface area contributed by atoms with Crippen LogP contribution in [0.1, 0.15) is 36.7 Å². The topological polar surface area (TPSA) is 61.5 Å². The van der Waals surface area contributed by atoms with E-state index in [1.54, 1.807) is 30.3 Å². The zero-order chi connectivity index (χ0) is 16.3. The van der Waals surface area contributed by atoms with Gasteiger partial charge in [-0.1, -0.05) is 0 Å². The van der Waals surface area contributed by atoms with E-state index < -0.39 is 5.60 Å². The molecule has 2 aromatic carbocycles. The maximum absolute atomic E-state index is 11.9. The van der Waals surface area contributed by atoms with E-state index in [4.69, 9.17) is 15.2 Å². The van der Waals surface area contributed by atoms with E-state index in [1.807, 2.05) is 39.8 Å². The highest BCUT2D eigenvalue weighted by atomic mass is 16.6. The normalized spacial score (nSPS) is 11.1. The lowest BCUT2D eigenvalue weighted by molar-refractivity contribution is 0.00695. The number of benzene rings is 2. The third-order valence-corrected chi connectivity index (χ3v) is 2.97. The van der Waals surface area contributed by atoms with Gasteiger partial charge in [-0.15, -0.1) is 0 Å². The van der Waals surface area contributed by atoms with Crippen molar-refractivity contribution in [2.75, 3.05) is 5.73 Å². The highest BCUT2D eigenvalue weighted by Gasteiger charge is 2.17. The fourth-order valence-electron chi connectivity index (χ4n) is 1.84. The molecule has 22 heavy (non-hydrogen) atoms. The summed E-state index contributed by atoms with van der Waals surface area (Å²) in [5, 5.41) is 0. The number of rotatable bonds is 3. The minimum Gasteiger partial charge on any atom is -0.457 e. The van der Waals surface area contributed by atoms with Crippen molar-refractivity contribution in [3.05, 3.63) is 53.6 Å². The molecule has 4 heteroatoms. The number of hydrogen-bond acceptors (Lipinski definition) is 4. The quantitative estimate of drug-likeness (QED) is 0.677. The molecule has 0 aliphatic carbocycles. The average molecular weight is 299 g/mol. The van der Waals surface area contributed by atoms with Crippen LogP contribution >= 0.6 is 0 Å². The van der Waals surface area contributed by atoms with Crippen LogP contribution in [0.25, 0.3) is 0 Å². The van der Waals surface area contributed by atoms with E-state index in [0.717, 1.165) is 11.3 Å². The predicted octanol–water partition coefficient (Wildman–Crippen LogP) is 4.32. The number of carbonyl (C=O) groups is 1. The molecule has 0 aliphatic heterocycles. The Balaban J connectivity index is 2.08. The van der Waals surface area contributed by atoms with Crippen LogP contribution in [0.5, 0.6) is 11.5 Å². The average Bonchev–Trinajstić information content (AvgIpc) is 2.42. The highest BCUT2D eigenvalue weighted by Crippen LogP contribution is 2.25. The summed E-state index contributed by atoms with van der Waals surface area (Å²) in [4.78, 5) is 11.9. The molecule has 0 radical (unpaired) electrons. The Morgan fingerprint density at radius 1 is 1.00 bits per heavy atom. The fraction of sp³-hybridized carbons (Fsp3) is 0.278. The predicted molar refractivity (Wildman–Crippen MR) is 87.3 cm³/mol. The lowest BCUT2D eigenvalue weighted by Crippen LogP contribution is -2.23. The largest absolute Gasteiger partial charge is 0.457 e. The number of esters is 1. The fourth-order valence-corrected chi connectivity index (χ4v) is 1.84. The van der Waals surface area contributed by atoms with Crippen molar-refractivity contribution < 1.29 is 14.3 Å². The molecule has 116 valence electrons. The molecule has 0 saturated heterocycles. The Kier molecular flexibility index (Phi) is 4.40. The molecule has 0 unspecified atom stereocenters. The third-order valence-electron chi connectivity index (χ3n) is 2.97. The molecular formula is C18H21NO3. The van der Waals surface area contributed by atoms with Gasteiger partial charge < -0.3 is 15.2 Å². The summed E-state index contributed by atoms with van der Waals surface area (Å²) in [7, 11) is 0. The summed E-state index contributed by atoms with van der Waals surface area (Å²) < 4.78 is 11.1. The van der Waals surface area contributed by atoms with Gasteiger partial charge in [-0.05, 0) is 75.7 Å². The summed E-state index contributed by atoms with van der Waals surface area (Å²) in [6, 6.07) is 12.3. The number of carbonyl (C=O) groups excluding carboxylic acids is 1. The number of ether oxygens (including phenoxy) is 2. The zero-order valence-corrected chi connectivity index (χ0v) is 13.3. The first kappa shape index (κ1) is 15.9.